The Balaban J connectivity index is 1.85. The zero-order valence-corrected chi connectivity index (χ0v) is 12.2. The highest BCUT2D eigenvalue weighted by Crippen LogP contribution is 2.16. The minimum Gasteiger partial charge on any atom is -0.325 e. The maximum absolute atomic E-state index is 12.0. The van der Waals surface area contributed by atoms with E-state index in [1.165, 1.54) is 5.56 Å². The van der Waals surface area contributed by atoms with Crippen molar-refractivity contribution in [3.63, 3.8) is 0 Å². The summed E-state index contributed by atoms with van der Waals surface area (Å²) in [6.07, 6.45) is 1.42. The van der Waals surface area contributed by atoms with E-state index in [9.17, 15) is 9.59 Å². The number of carbonyl (C=O) groups is 2. The predicted octanol–water partition coefficient (Wildman–Crippen LogP) is 2.23. The second kappa shape index (κ2) is 6.66. The number of benzene rings is 1. The van der Waals surface area contributed by atoms with Crippen molar-refractivity contribution in [2.45, 2.75) is 26.7 Å². The molecule has 1 aliphatic rings. The van der Waals surface area contributed by atoms with Crippen molar-refractivity contribution in [1.29, 1.82) is 0 Å². The van der Waals surface area contributed by atoms with E-state index >= 15 is 0 Å². The summed E-state index contributed by atoms with van der Waals surface area (Å²) in [6.45, 7) is 5.80. The molecule has 108 valence electrons. The molecule has 0 aromatic heterocycles. The zero-order valence-electron chi connectivity index (χ0n) is 12.2. The van der Waals surface area contributed by atoms with E-state index in [4.69, 9.17) is 0 Å². The summed E-state index contributed by atoms with van der Waals surface area (Å²) in [6, 6.07) is 7.76. The molecule has 1 aliphatic heterocycles. The van der Waals surface area contributed by atoms with E-state index in [1.807, 2.05) is 38.1 Å². The fraction of sp³-hybridized carbons (Fsp3) is 0.500. The normalized spacial score (nSPS) is 19.9. The van der Waals surface area contributed by atoms with Crippen molar-refractivity contribution in [2.75, 3.05) is 25.0 Å². The van der Waals surface area contributed by atoms with Gasteiger partial charge in [-0.1, -0.05) is 24.6 Å². The molecule has 1 unspecified atom stereocenters. The molecule has 1 aromatic rings. The third-order valence-corrected chi connectivity index (χ3v) is 3.80. The van der Waals surface area contributed by atoms with Crippen LogP contribution in [0.25, 0.3) is 0 Å². The standard InChI is InChI=1S/C16H22N2O2/c1-3-13-10-18(9-8-15(13)19)11-16(20)17-14-6-4-12(2)5-7-14/h4-7,13H,3,8-11H2,1-2H3,(H,17,20). The van der Waals surface area contributed by atoms with Crippen LogP contribution in [0.15, 0.2) is 24.3 Å². The van der Waals surface area contributed by atoms with Gasteiger partial charge in [-0.25, -0.2) is 0 Å². The predicted molar refractivity (Wildman–Crippen MR) is 79.7 cm³/mol. The molecular weight excluding hydrogens is 252 g/mol. The van der Waals surface area contributed by atoms with Gasteiger partial charge in [-0.2, -0.15) is 0 Å². The molecule has 0 saturated carbocycles. The Morgan fingerprint density at radius 1 is 1.35 bits per heavy atom. The van der Waals surface area contributed by atoms with E-state index in [0.717, 1.165) is 12.1 Å². The first-order valence-electron chi connectivity index (χ1n) is 7.20. The van der Waals surface area contributed by atoms with Crippen molar-refractivity contribution in [3.8, 4) is 0 Å². The van der Waals surface area contributed by atoms with Crippen molar-refractivity contribution < 1.29 is 9.59 Å². The van der Waals surface area contributed by atoms with Gasteiger partial charge in [0.15, 0.2) is 0 Å². The van der Waals surface area contributed by atoms with Gasteiger partial charge in [-0.3, -0.25) is 14.5 Å². The summed E-state index contributed by atoms with van der Waals surface area (Å²) >= 11 is 0. The molecule has 0 bridgehead atoms. The summed E-state index contributed by atoms with van der Waals surface area (Å²) in [5.41, 5.74) is 1.99. The summed E-state index contributed by atoms with van der Waals surface area (Å²) in [7, 11) is 0. The van der Waals surface area contributed by atoms with Gasteiger partial charge in [0.2, 0.25) is 5.91 Å². The van der Waals surface area contributed by atoms with Crippen molar-refractivity contribution in [1.82, 2.24) is 4.90 Å². The van der Waals surface area contributed by atoms with Crippen LogP contribution in [0.4, 0.5) is 5.69 Å². The molecule has 0 aliphatic carbocycles. The Bertz CT molecular complexity index is 482. The van der Waals surface area contributed by atoms with E-state index < -0.39 is 0 Å². The number of nitrogens with zero attached hydrogens (tertiary/aromatic N) is 1. The van der Waals surface area contributed by atoms with Crippen LogP contribution >= 0.6 is 0 Å². The maximum Gasteiger partial charge on any atom is 0.238 e. The number of carbonyl (C=O) groups excluding carboxylic acids is 2. The highest BCUT2D eigenvalue weighted by atomic mass is 16.2. The van der Waals surface area contributed by atoms with Gasteiger partial charge in [0, 0.05) is 31.1 Å². The van der Waals surface area contributed by atoms with Gasteiger partial charge in [0.05, 0.1) is 6.54 Å². The van der Waals surface area contributed by atoms with E-state index in [0.29, 0.717) is 31.8 Å². The molecule has 1 saturated heterocycles. The van der Waals surface area contributed by atoms with Crippen molar-refractivity contribution >= 4 is 17.4 Å². The van der Waals surface area contributed by atoms with Gasteiger partial charge in [-0.15, -0.1) is 0 Å². The number of Topliss-reactive ketones (excluding diaryl/α,β-unsaturated/α-hetero) is 1. The van der Waals surface area contributed by atoms with Gasteiger partial charge in [-0.05, 0) is 25.5 Å². The molecule has 1 heterocycles. The Morgan fingerprint density at radius 2 is 2.05 bits per heavy atom. The minimum atomic E-state index is -0.0157. The fourth-order valence-corrected chi connectivity index (χ4v) is 2.52. The second-order valence-electron chi connectivity index (χ2n) is 5.47. The lowest BCUT2D eigenvalue weighted by atomic mass is 9.94. The molecule has 20 heavy (non-hydrogen) atoms. The zero-order chi connectivity index (χ0) is 14.5. The van der Waals surface area contributed by atoms with Crippen LogP contribution in [0.1, 0.15) is 25.3 Å². The number of amides is 1. The lowest BCUT2D eigenvalue weighted by molar-refractivity contribution is -0.128. The van der Waals surface area contributed by atoms with E-state index in [-0.39, 0.29) is 11.8 Å². The monoisotopic (exact) mass is 274 g/mol. The average Bonchev–Trinajstić information content (AvgIpc) is 2.43. The third-order valence-electron chi connectivity index (χ3n) is 3.80. The number of likely N-dealkylation sites (tertiary alicyclic amines) is 1. The second-order valence-corrected chi connectivity index (χ2v) is 5.47. The molecule has 2 rings (SSSR count). The quantitative estimate of drug-likeness (QED) is 0.916. The molecule has 1 N–H and O–H groups in total. The summed E-state index contributed by atoms with van der Waals surface area (Å²) in [4.78, 5) is 25.7. The lowest BCUT2D eigenvalue weighted by Gasteiger charge is -2.30. The lowest BCUT2D eigenvalue weighted by Crippen LogP contribution is -2.44. The Kier molecular flexibility index (Phi) is 4.90. The van der Waals surface area contributed by atoms with Crippen molar-refractivity contribution in [2.24, 2.45) is 5.92 Å². The first kappa shape index (κ1) is 14.7. The van der Waals surface area contributed by atoms with Crippen LogP contribution in [0, 0.1) is 12.8 Å². The first-order valence-corrected chi connectivity index (χ1v) is 7.20. The molecule has 1 fully saturated rings. The smallest absolute Gasteiger partial charge is 0.238 e. The number of piperidine rings is 1. The third kappa shape index (κ3) is 3.90. The number of nitrogens with one attached hydrogen (secondary N) is 1. The minimum absolute atomic E-state index is 0.0157. The summed E-state index contributed by atoms with van der Waals surface area (Å²) < 4.78 is 0. The van der Waals surface area contributed by atoms with Gasteiger partial charge in [0.25, 0.3) is 0 Å². The number of anilines is 1. The Morgan fingerprint density at radius 3 is 2.70 bits per heavy atom. The number of ketones is 1. The Labute approximate surface area is 120 Å². The van der Waals surface area contributed by atoms with E-state index in [1.54, 1.807) is 0 Å². The van der Waals surface area contributed by atoms with Crippen LogP contribution in [0.2, 0.25) is 0 Å². The highest BCUT2D eigenvalue weighted by molar-refractivity contribution is 5.92. The largest absolute Gasteiger partial charge is 0.325 e. The summed E-state index contributed by atoms with van der Waals surface area (Å²) in [5, 5.41) is 2.89. The molecular formula is C16H22N2O2. The van der Waals surface area contributed by atoms with Crippen LogP contribution < -0.4 is 5.32 Å². The molecule has 1 atom stereocenters. The number of hydrogen-bond acceptors (Lipinski definition) is 3. The molecule has 1 aromatic carbocycles. The van der Waals surface area contributed by atoms with Gasteiger partial charge in [0.1, 0.15) is 5.78 Å². The fourth-order valence-electron chi connectivity index (χ4n) is 2.52. The molecule has 4 nitrogen and oxygen atoms in total. The van der Waals surface area contributed by atoms with Crippen LogP contribution in [0.5, 0.6) is 0 Å². The van der Waals surface area contributed by atoms with Crippen LogP contribution in [-0.2, 0) is 9.59 Å². The molecule has 0 spiro atoms. The SMILES string of the molecule is CCC1CN(CC(=O)Nc2ccc(C)cc2)CCC1=O. The average molecular weight is 274 g/mol. The topological polar surface area (TPSA) is 49.4 Å². The summed E-state index contributed by atoms with van der Waals surface area (Å²) in [5.74, 6) is 0.414. The van der Waals surface area contributed by atoms with E-state index in [2.05, 4.69) is 10.2 Å². The first-order chi connectivity index (χ1) is 9.58. The van der Waals surface area contributed by atoms with Crippen LogP contribution in [0.3, 0.4) is 0 Å². The number of rotatable bonds is 4. The van der Waals surface area contributed by atoms with Gasteiger partial charge < -0.3 is 5.32 Å². The Hall–Kier alpha value is -1.68. The van der Waals surface area contributed by atoms with Crippen LogP contribution in [-0.4, -0.2) is 36.2 Å². The molecule has 1 amide bonds. The highest BCUT2D eigenvalue weighted by Gasteiger charge is 2.26. The number of hydrogen-bond donors (Lipinski definition) is 1. The maximum atomic E-state index is 12.0. The number of aryl methyl sites for hydroxylation is 1. The molecule has 4 heteroatoms. The van der Waals surface area contributed by atoms with Gasteiger partial charge >= 0.3 is 0 Å². The van der Waals surface area contributed by atoms with Crippen molar-refractivity contribution in [3.05, 3.63) is 29.8 Å². The molecule has 0 radical (unpaired) electrons.